The Kier molecular flexibility index (Phi) is 8.72. The number of nitrogens with one attached hydrogen (secondary N) is 1. The number of carbonyl (C=O) groups is 2. The highest BCUT2D eigenvalue weighted by Crippen LogP contribution is 2.49. The highest BCUT2D eigenvalue weighted by molar-refractivity contribution is 5.77. The highest BCUT2D eigenvalue weighted by Gasteiger charge is 2.46. The second kappa shape index (κ2) is 11.3. The van der Waals surface area contributed by atoms with Crippen molar-refractivity contribution in [2.75, 3.05) is 46.6 Å². The van der Waals surface area contributed by atoms with Crippen LogP contribution < -0.4 is 5.32 Å². The molecule has 3 atom stereocenters. The summed E-state index contributed by atoms with van der Waals surface area (Å²) in [6, 6.07) is 8.82. The number of rotatable bonds is 6. The summed E-state index contributed by atoms with van der Waals surface area (Å²) in [5.74, 6) is -1.09. The molecule has 1 aromatic carbocycles. The zero-order chi connectivity index (χ0) is 24.0. The minimum atomic E-state index is -5.08. The molecule has 3 aliphatic rings. The van der Waals surface area contributed by atoms with E-state index in [1.165, 1.54) is 11.1 Å². The van der Waals surface area contributed by atoms with E-state index in [4.69, 9.17) is 19.4 Å². The van der Waals surface area contributed by atoms with E-state index in [0.29, 0.717) is 24.2 Å². The largest absolute Gasteiger partial charge is 0.490 e. The molecule has 0 unspecified atom stereocenters. The van der Waals surface area contributed by atoms with E-state index in [1.807, 2.05) is 0 Å². The first kappa shape index (κ1) is 25.5. The topological polar surface area (TPSA) is 88.1 Å². The van der Waals surface area contributed by atoms with Gasteiger partial charge in [0.15, 0.2) is 0 Å². The van der Waals surface area contributed by atoms with Crippen LogP contribution in [0.15, 0.2) is 24.3 Å². The summed E-state index contributed by atoms with van der Waals surface area (Å²) in [5, 5.41) is 10.5. The number of methoxy groups -OCH3 is 1. The Morgan fingerprint density at radius 3 is 2.42 bits per heavy atom. The van der Waals surface area contributed by atoms with Gasteiger partial charge in [-0.3, -0.25) is 4.79 Å². The van der Waals surface area contributed by atoms with Gasteiger partial charge in [0.05, 0.1) is 12.6 Å². The third-order valence-corrected chi connectivity index (χ3v) is 6.59. The Balaban J connectivity index is 0.000000383. The lowest BCUT2D eigenvalue weighted by Crippen LogP contribution is -2.35. The Morgan fingerprint density at radius 2 is 1.82 bits per heavy atom. The zero-order valence-electron chi connectivity index (χ0n) is 18.6. The maximum absolute atomic E-state index is 12.7. The first-order chi connectivity index (χ1) is 15.7. The fraction of sp³-hybridized carbons (Fsp3) is 0.652. The smallest absolute Gasteiger partial charge is 0.475 e. The van der Waals surface area contributed by atoms with Gasteiger partial charge in [-0.25, -0.2) is 4.79 Å². The standard InChI is InChI=1S/C21H30N2O3.C2HF3O2/c1-25-11-8-23-13-18-16-4-2-3-5-17(16)21(19(18)14-23)22-20(24)12-15-6-9-26-10-7-15;3-2(4,5)1(6)7/h2-5,15,18-19,21H,6-14H2,1H3,(H,22,24);(H,6,7)/t18-,19-,21+;/m0./s1. The van der Waals surface area contributed by atoms with Crippen molar-refractivity contribution in [1.29, 1.82) is 0 Å². The van der Waals surface area contributed by atoms with Crippen molar-refractivity contribution in [2.24, 2.45) is 11.8 Å². The molecule has 2 aliphatic heterocycles. The van der Waals surface area contributed by atoms with Crippen LogP contribution in [0.1, 0.15) is 42.3 Å². The van der Waals surface area contributed by atoms with Crippen molar-refractivity contribution in [3.8, 4) is 0 Å². The van der Waals surface area contributed by atoms with Crippen LogP contribution in [-0.4, -0.2) is 74.6 Å². The average Bonchev–Trinajstić information content (AvgIpc) is 3.31. The van der Waals surface area contributed by atoms with Gasteiger partial charge in [-0.2, -0.15) is 13.2 Å². The van der Waals surface area contributed by atoms with Gasteiger partial charge in [-0.05, 0) is 29.9 Å². The molecule has 0 spiro atoms. The molecular weight excluding hydrogens is 441 g/mol. The van der Waals surface area contributed by atoms with Crippen LogP contribution in [0.3, 0.4) is 0 Å². The van der Waals surface area contributed by atoms with Gasteiger partial charge in [0.25, 0.3) is 0 Å². The lowest BCUT2D eigenvalue weighted by Gasteiger charge is -2.25. The van der Waals surface area contributed by atoms with Crippen LogP contribution in [0.25, 0.3) is 0 Å². The molecule has 0 bridgehead atoms. The van der Waals surface area contributed by atoms with Gasteiger partial charge in [0.1, 0.15) is 0 Å². The number of nitrogens with zero attached hydrogens (tertiary/aromatic N) is 1. The lowest BCUT2D eigenvalue weighted by atomic mass is 9.93. The number of halogens is 3. The first-order valence-corrected chi connectivity index (χ1v) is 11.2. The quantitative estimate of drug-likeness (QED) is 0.662. The Hall–Kier alpha value is -2.17. The monoisotopic (exact) mass is 472 g/mol. The number of carboxylic acids is 1. The Bertz CT molecular complexity index is 814. The van der Waals surface area contributed by atoms with E-state index in [0.717, 1.165) is 52.3 Å². The second-order valence-electron chi connectivity index (χ2n) is 8.76. The lowest BCUT2D eigenvalue weighted by molar-refractivity contribution is -0.192. The molecule has 0 radical (unpaired) electrons. The van der Waals surface area contributed by atoms with Crippen LogP contribution in [0.5, 0.6) is 0 Å². The fourth-order valence-corrected chi connectivity index (χ4v) is 4.98. The van der Waals surface area contributed by atoms with Gasteiger partial charge in [-0.15, -0.1) is 0 Å². The van der Waals surface area contributed by atoms with E-state index in [2.05, 4.69) is 34.5 Å². The molecular formula is C23H31F3N2O5. The number of ether oxygens (including phenoxy) is 2. The zero-order valence-corrected chi connectivity index (χ0v) is 18.6. The molecule has 1 amide bonds. The van der Waals surface area contributed by atoms with E-state index >= 15 is 0 Å². The molecule has 10 heteroatoms. The summed E-state index contributed by atoms with van der Waals surface area (Å²) in [6.07, 6.45) is -2.44. The number of fused-ring (bicyclic) bond motifs is 3. The normalized spacial score (nSPS) is 25.0. The van der Waals surface area contributed by atoms with E-state index < -0.39 is 12.1 Å². The summed E-state index contributed by atoms with van der Waals surface area (Å²) >= 11 is 0. The maximum Gasteiger partial charge on any atom is 0.490 e. The van der Waals surface area contributed by atoms with Crippen molar-refractivity contribution < 1.29 is 37.3 Å². The predicted octanol–water partition coefficient (Wildman–Crippen LogP) is 2.97. The number of carbonyl (C=O) groups excluding carboxylic acids is 1. The molecule has 0 saturated carbocycles. The third-order valence-electron chi connectivity index (χ3n) is 6.59. The molecule has 2 saturated heterocycles. The molecule has 33 heavy (non-hydrogen) atoms. The number of amides is 1. The number of hydrogen-bond acceptors (Lipinski definition) is 5. The van der Waals surface area contributed by atoms with Crippen molar-refractivity contribution in [1.82, 2.24) is 10.2 Å². The van der Waals surface area contributed by atoms with Gasteiger partial charge in [-0.1, -0.05) is 24.3 Å². The van der Waals surface area contributed by atoms with E-state index in [-0.39, 0.29) is 11.9 Å². The fourth-order valence-electron chi connectivity index (χ4n) is 4.98. The van der Waals surface area contributed by atoms with Crippen LogP contribution in [-0.2, 0) is 19.1 Å². The van der Waals surface area contributed by atoms with Gasteiger partial charge >= 0.3 is 12.1 Å². The number of alkyl halides is 3. The van der Waals surface area contributed by atoms with Crippen molar-refractivity contribution in [3.63, 3.8) is 0 Å². The molecule has 1 aliphatic carbocycles. The number of aliphatic carboxylic acids is 1. The first-order valence-electron chi connectivity index (χ1n) is 11.2. The van der Waals surface area contributed by atoms with Crippen LogP contribution in [0.4, 0.5) is 13.2 Å². The number of carboxylic acid groups (broad SMARTS) is 1. The summed E-state index contributed by atoms with van der Waals surface area (Å²) in [7, 11) is 1.76. The average molecular weight is 473 g/mol. The van der Waals surface area contributed by atoms with Gasteiger partial charge < -0.3 is 24.8 Å². The number of likely N-dealkylation sites (tertiary alicyclic amines) is 1. The Labute approximate surface area is 191 Å². The summed E-state index contributed by atoms with van der Waals surface area (Å²) in [6.45, 7) is 5.42. The maximum atomic E-state index is 12.7. The summed E-state index contributed by atoms with van der Waals surface area (Å²) in [5.41, 5.74) is 2.75. The molecule has 2 fully saturated rings. The number of hydrogen-bond donors (Lipinski definition) is 2. The van der Waals surface area contributed by atoms with Gasteiger partial charge in [0.2, 0.25) is 5.91 Å². The molecule has 1 aromatic rings. The Morgan fingerprint density at radius 1 is 1.18 bits per heavy atom. The SMILES string of the molecule is COCCN1C[C@@H]2[C@H](NC(=O)CC3CCOCC3)c3ccccc3[C@@H]2C1.O=C(O)C(F)(F)F. The minimum Gasteiger partial charge on any atom is -0.475 e. The number of benzene rings is 1. The molecule has 7 nitrogen and oxygen atoms in total. The molecule has 4 rings (SSSR count). The summed E-state index contributed by atoms with van der Waals surface area (Å²) in [4.78, 5) is 24.1. The van der Waals surface area contributed by atoms with E-state index in [1.54, 1.807) is 7.11 Å². The molecule has 0 aromatic heterocycles. The van der Waals surface area contributed by atoms with Crippen LogP contribution in [0.2, 0.25) is 0 Å². The van der Waals surface area contributed by atoms with Crippen molar-refractivity contribution >= 4 is 11.9 Å². The highest BCUT2D eigenvalue weighted by atomic mass is 19.4. The third kappa shape index (κ3) is 6.68. The van der Waals surface area contributed by atoms with E-state index in [9.17, 15) is 18.0 Å². The van der Waals surface area contributed by atoms with Crippen molar-refractivity contribution in [3.05, 3.63) is 35.4 Å². The van der Waals surface area contributed by atoms with Gasteiger partial charge in [0, 0.05) is 58.2 Å². The predicted molar refractivity (Wildman–Crippen MR) is 114 cm³/mol. The van der Waals surface area contributed by atoms with Crippen molar-refractivity contribution in [2.45, 2.75) is 37.4 Å². The molecule has 184 valence electrons. The minimum absolute atomic E-state index is 0.149. The van der Waals surface area contributed by atoms with Crippen LogP contribution >= 0.6 is 0 Å². The second-order valence-corrected chi connectivity index (χ2v) is 8.76. The molecule has 2 heterocycles. The molecule has 2 N–H and O–H groups in total. The summed E-state index contributed by atoms with van der Waals surface area (Å²) < 4.78 is 42.4. The van der Waals surface area contributed by atoms with Crippen LogP contribution in [0, 0.1) is 11.8 Å².